The Labute approximate surface area is 225 Å². The lowest BCUT2D eigenvalue weighted by atomic mass is 10.0. The van der Waals surface area contributed by atoms with E-state index in [1.54, 1.807) is 24.3 Å². The fraction of sp³-hybridized carbons (Fsp3) is 0.259. The lowest BCUT2D eigenvalue weighted by Crippen LogP contribution is -2.25. The van der Waals surface area contributed by atoms with Crippen LogP contribution >= 0.6 is 11.3 Å². The minimum atomic E-state index is -3.35. The van der Waals surface area contributed by atoms with Gasteiger partial charge in [-0.15, -0.1) is 0 Å². The quantitative estimate of drug-likeness (QED) is 0.330. The maximum absolute atomic E-state index is 12.0. The third kappa shape index (κ3) is 5.18. The van der Waals surface area contributed by atoms with Gasteiger partial charge in [-0.1, -0.05) is 53.3 Å². The minimum Gasteiger partial charge on any atom is -0.491 e. The van der Waals surface area contributed by atoms with Crippen molar-refractivity contribution in [1.29, 1.82) is 5.26 Å². The number of nitrogens with one attached hydrogen (secondary N) is 1. The molecule has 1 fully saturated rings. The Bertz CT molecular complexity index is 1610. The highest BCUT2D eigenvalue weighted by Gasteiger charge is 2.30. The van der Waals surface area contributed by atoms with Crippen LogP contribution in [0, 0.1) is 18.3 Å². The number of anilines is 3. The van der Waals surface area contributed by atoms with Gasteiger partial charge in [-0.05, 0) is 37.5 Å². The number of thiazole rings is 1. The number of hydrogen-bond donors (Lipinski definition) is 1. The van der Waals surface area contributed by atoms with Crippen LogP contribution < -0.4 is 15.0 Å². The molecule has 1 N–H and O–H groups in total. The SMILES string of the molecule is COc1c(Nc2ncc(C#N)s2)nc(N2CCCC2c2ccc(C)cc2)nc1-c1ccc(S(C)(=O)=O)cc1. The Hall–Kier alpha value is -4.01. The van der Waals surface area contributed by atoms with Gasteiger partial charge in [0.1, 0.15) is 16.6 Å². The molecule has 1 aliphatic heterocycles. The Morgan fingerprint density at radius 3 is 2.50 bits per heavy atom. The molecule has 5 rings (SSSR count). The average Bonchev–Trinajstić information content (AvgIpc) is 3.58. The molecule has 0 aliphatic carbocycles. The predicted octanol–water partition coefficient (Wildman–Crippen LogP) is 5.28. The van der Waals surface area contributed by atoms with Crippen LogP contribution in [-0.4, -0.2) is 43.3 Å². The van der Waals surface area contributed by atoms with Gasteiger partial charge in [0.05, 0.1) is 24.2 Å². The van der Waals surface area contributed by atoms with Crippen molar-refractivity contribution in [3.8, 4) is 23.1 Å². The summed E-state index contributed by atoms with van der Waals surface area (Å²) in [5.41, 5.74) is 3.60. The molecule has 9 nitrogen and oxygen atoms in total. The first kappa shape index (κ1) is 25.6. The summed E-state index contributed by atoms with van der Waals surface area (Å²) in [6.07, 6.45) is 4.64. The van der Waals surface area contributed by atoms with E-state index in [0.717, 1.165) is 19.4 Å². The van der Waals surface area contributed by atoms with Crippen LogP contribution in [-0.2, 0) is 9.84 Å². The lowest BCUT2D eigenvalue weighted by molar-refractivity contribution is 0.415. The zero-order valence-electron chi connectivity index (χ0n) is 21.2. The van der Waals surface area contributed by atoms with E-state index in [1.807, 2.05) is 0 Å². The zero-order chi connectivity index (χ0) is 26.9. The number of rotatable bonds is 7. The lowest BCUT2D eigenvalue weighted by Gasteiger charge is -2.27. The second kappa shape index (κ2) is 10.4. The number of aromatic nitrogens is 3. The first-order chi connectivity index (χ1) is 18.3. The normalized spacial score (nSPS) is 15.3. The van der Waals surface area contributed by atoms with Crippen molar-refractivity contribution < 1.29 is 13.2 Å². The molecular formula is C27H26N6O3S2. The number of nitrogens with zero attached hydrogens (tertiary/aromatic N) is 5. The summed E-state index contributed by atoms with van der Waals surface area (Å²) in [4.78, 5) is 17.0. The van der Waals surface area contributed by atoms with Crippen molar-refractivity contribution in [1.82, 2.24) is 15.0 Å². The van der Waals surface area contributed by atoms with Crippen molar-refractivity contribution in [2.24, 2.45) is 0 Å². The van der Waals surface area contributed by atoms with Crippen molar-refractivity contribution in [3.05, 3.63) is 70.7 Å². The standard InChI is InChI=1S/C27H26N6O3S2/c1-17-6-8-18(9-7-17)22-5-4-14-33(22)26-30-23(19-10-12-21(13-11-19)38(3,34)35)24(36-2)25(31-26)32-27-29-16-20(15-28)37-27/h6-13,16,22H,4-5,14H2,1-3H3,(H,29,30,31,32). The van der Waals surface area contributed by atoms with E-state index in [9.17, 15) is 13.7 Å². The summed E-state index contributed by atoms with van der Waals surface area (Å²) < 4.78 is 29.8. The van der Waals surface area contributed by atoms with Crippen molar-refractivity contribution in [3.63, 3.8) is 0 Å². The third-order valence-corrected chi connectivity index (χ3v) is 8.37. The molecule has 0 amide bonds. The summed E-state index contributed by atoms with van der Waals surface area (Å²) in [5.74, 6) is 1.32. The number of nitriles is 1. The number of hydrogen-bond acceptors (Lipinski definition) is 10. The van der Waals surface area contributed by atoms with Gasteiger partial charge in [0.15, 0.2) is 26.5 Å². The van der Waals surface area contributed by atoms with Gasteiger partial charge in [-0.2, -0.15) is 10.2 Å². The van der Waals surface area contributed by atoms with E-state index in [0.29, 0.717) is 38.8 Å². The van der Waals surface area contributed by atoms with Gasteiger partial charge < -0.3 is 15.0 Å². The molecule has 1 atom stereocenters. The van der Waals surface area contributed by atoms with E-state index in [1.165, 1.54) is 42.0 Å². The molecule has 3 heterocycles. The van der Waals surface area contributed by atoms with Crippen LogP contribution in [0.3, 0.4) is 0 Å². The van der Waals surface area contributed by atoms with E-state index in [4.69, 9.17) is 14.7 Å². The fourth-order valence-electron chi connectivity index (χ4n) is 4.53. The average molecular weight is 547 g/mol. The highest BCUT2D eigenvalue weighted by atomic mass is 32.2. The molecule has 1 aliphatic rings. The second-order valence-electron chi connectivity index (χ2n) is 9.08. The van der Waals surface area contributed by atoms with Crippen LogP contribution in [0.25, 0.3) is 11.3 Å². The van der Waals surface area contributed by atoms with E-state index < -0.39 is 9.84 Å². The van der Waals surface area contributed by atoms with Crippen molar-refractivity contribution >= 4 is 38.1 Å². The largest absolute Gasteiger partial charge is 0.491 e. The Morgan fingerprint density at radius 1 is 1.13 bits per heavy atom. The van der Waals surface area contributed by atoms with Gasteiger partial charge in [0.25, 0.3) is 0 Å². The smallest absolute Gasteiger partial charge is 0.228 e. The molecule has 11 heteroatoms. The minimum absolute atomic E-state index is 0.113. The molecule has 1 saturated heterocycles. The third-order valence-electron chi connectivity index (χ3n) is 6.43. The van der Waals surface area contributed by atoms with E-state index in [2.05, 4.69) is 52.5 Å². The number of methoxy groups -OCH3 is 1. The number of benzene rings is 2. The Morgan fingerprint density at radius 2 is 1.87 bits per heavy atom. The molecule has 2 aromatic heterocycles. The van der Waals surface area contributed by atoms with Gasteiger partial charge in [-0.3, -0.25) is 0 Å². The molecule has 194 valence electrons. The molecule has 2 aromatic carbocycles. The molecule has 38 heavy (non-hydrogen) atoms. The Balaban J connectivity index is 1.63. The monoisotopic (exact) mass is 546 g/mol. The van der Waals surface area contributed by atoms with E-state index >= 15 is 0 Å². The van der Waals surface area contributed by atoms with Crippen LogP contribution in [0.15, 0.2) is 59.6 Å². The molecular weight excluding hydrogens is 520 g/mol. The summed E-state index contributed by atoms with van der Waals surface area (Å²) >= 11 is 1.21. The second-order valence-corrected chi connectivity index (χ2v) is 12.1. The molecule has 0 saturated carbocycles. The molecule has 1 unspecified atom stereocenters. The summed E-state index contributed by atoms with van der Waals surface area (Å²) in [5, 5.41) is 12.9. The maximum Gasteiger partial charge on any atom is 0.228 e. The fourth-order valence-corrected chi connectivity index (χ4v) is 5.77. The van der Waals surface area contributed by atoms with Crippen molar-refractivity contribution in [2.45, 2.75) is 30.7 Å². The number of ether oxygens (including phenoxy) is 1. The van der Waals surface area contributed by atoms with E-state index in [-0.39, 0.29) is 10.9 Å². The summed E-state index contributed by atoms with van der Waals surface area (Å²) in [7, 11) is -1.81. The summed E-state index contributed by atoms with van der Waals surface area (Å²) in [6, 6.07) is 17.3. The molecule has 0 spiro atoms. The highest BCUT2D eigenvalue weighted by Crippen LogP contribution is 2.41. The number of aryl methyl sites for hydroxylation is 1. The zero-order valence-corrected chi connectivity index (χ0v) is 22.8. The van der Waals surface area contributed by atoms with Crippen LogP contribution in [0.4, 0.5) is 16.9 Å². The topological polar surface area (TPSA) is 121 Å². The first-order valence-corrected chi connectivity index (χ1v) is 14.7. The van der Waals surface area contributed by atoms with Crippen molar-refractivity contribution in [2.75, 3.05) is 30.1 Å². The van der Waals surface area contributed by atoms with Gasteiger partial charge in [0, 0.05) is 18.4 Å². The van der Waals surface area contributed by atoms with Crippen LogP contribution in [0.5, 0.6) is 5.75 Å². The molecule has 0 radical (unpaired) electrons. The van der Waals surface area contributed by atoms with Crippen LogP contribution in [0.1, 0.15) is 34.9 Å². The molecule has 4 aromatic rings. The van der Waals surface area contributed by atoms with Gasteiger partial charge in [-0.25, -0.2) is 18.4 Å². The number of sulfone groups is 1. The van der Waals surface area contributed by atoms with Crippen LogP contribution in [0.2, 0.25) is 0 Å². The predicted molar refractivity (Wildman–Crippen MR) is 148 cm³/mol. The maximum atomic E-state index is 12.0. The van der Waals surface area contributed by atoms with Gasteiger partial charge in [0.2, 0.25) is 5.95 Å². The Kier molecular flexibility index (Phi) is 7.01. The first-order valence-electron chi connectivity index (χ1n) is 12.0. The highest BCUT2D eigenvalue weighted by molar-refractivity contribution is 7.90. The summed E-state index contributed by atoms with van der Waals surface area (Å²) in [6.45, 7) is 2.85. The van der Waals surface area contributed by atoms with Gasteiger partial charge >= 0.3 is 0 Å². The molecule has 0 bridgehead atoms.